The summed E-state index contributed by atoms with van der Waals surface area (Å²) in [4.78, 5) is 21.7. The summed E-state index contributed by atoms with van der Waals surface area (Å²) in [5, 5.41) is 2.86. The largest absolute Gasteiger partial charge is 0.381 e. The lowest BCUT2D eigenvalue weighted by molar-refractivity contribution is -0.104. The average molecular weight is 203 g/mol. The molecule has 3 heteroatoms. The van der Waals surface area contributed by atoms with Gasteiger partial charge in [-0.2, -0.15) is 0 Å². The van der Waals surface area contributed by atoms with Gasteiger partial charge < -0.3 is 5.32 Å². The lowest BCUT2D eigenvalue weighted by atomic mass is 10.1. The van der Waals surface area contributed by atoms with Crippen molar-refractivity contribution in [2.75, 3.05) is 6.54 Å². The van der Waals surface area contributed by atoms with Crippen molar-refractivity contribution in [2.24, 2.45) is 0 Å². The van der Waals surface area contributed by atoms with Crippen LogP contribution in [0.5, 0.6) is 0 Å². The number of benzene rings is 1. The molecule has 0 bridgehead atoms. The molecule has 0 radical (unpaired) electrons. The highest BCUT2D eigenvalue weighted by Gasteiger charge is 2.03. The predicted octanol–water partition coefficient (Wildman–Crippen LogP) is 1.56. The maximum Gasteiger partial charge on any atom is 0.181 e. The second-order valence-electron chi connectivity index (χ2n) is 3.13. The second-order valence-corrected chi connectivity index (χ2v) is 3.13. The number of allylic oxidation sites excluding steroid dienone is 2. The molecule has 3 nitrogen and oxygen atoms in total. The Morgan fingerprint density at radius 3 is 2.60 bits per heavy atom. The lowest BCUT2D eigenvalue weighted by Crippen LogP contribution is -2.21. The van der Waals surface area contributed by atoms with Gasteiger partial charge in [-0.1, -0.05) is 30.3 Å². The Bertz CT molecular complexity index is 368. The van der Waals surface area contributed by atoms with Crippen LogP contribution in [-0.4, -0.2) is 18.6 Å². The number of carbonyl (C=O) groups excluding carboxylic acids is 2. The van der Waals surface area contributed by atoms with Crippen molar-refractivity contribution in [1.82, 2.24) is 5.32 Å². The zero-order valence-electron chi connectivity index (χ0n) is 8.57. The summed E-state index contributed by atoms with van der Waals surface area (Å²) in [6, 6.07) is 9.04. The highest BCUT2D eigenvalue weighted by molar-refractivity contribution is 5.97. The maximum atomic E-state index is 11.6. The molecule has 0 aliphatic carbocycles. The standard InChI is InChI=1S/C12H13NO2/c1-10(7-8-14)13-9-12(15)11-5-3-2-4-6-11/h2-8,13H,9H2,1H3/b10-7+. The zero-order chi connectivity index (χ0) is 11.1. The quantitative estimate of drug-likeness (QED) is 0.449. The number of nitrogens with one attached hydrogen (secondary N) is 1. The van der Waals surface area contributed by atoms with E-state index in [0.717, 1.165) is 0 Å². The molecule has 0 saturated heterocycles. The van der Waals surface area contributed by atoms with Crippen molar-refractivity contribution in [3.05, 3.63) is 47.7 Å². The summed E-state index contributed by atoms with van der Waals surface area (Å²) in [5.74, 6) is 0.00856. The van der Waals surface area contributed by atoms with Crippen LogP contribution in [-0.2, 0) is 4.79 Å². The van der Waals surface area contributed by atoms with Gasteiger partial charge in [-0.3, -0.25) is 9.59 Å². The van der Waals surface area contributed by atoms with Crippen LogP contribution in [0, 0.1) is 0 Å². The molecule has 0 aliphatic rings. The fraction of sp³-hybridized carbons (Fsp3) is 0.167. The molecule has 78 valence electrons. The van der Waals surface area contributed by atoms with E-state index in [1.807, 2.05) is 18.2 Å². The predicted molar refractivity (Wildman–Crippen MR) is 58.6 cm³/mol. The first-order chi connectivity index (χ1) is 7.24. The van der Waals surface area contributed by atoms with Crippen LogP contribution in [0.25, 0.3) is 0 Å². The second kappa shape index (κ2) is 5.75. The Morgan fingerprint density at radius 1 is 1.33 bits per heavy atom. The van der Waals surface area contributed by atoms with Crippen molar-refractivity contribution in [2.45, 2.75) is 6.92 Å². The Kier molecular flexibility index (Phi) is 4.29. The van der Waals surface area contributed by atoms with Crippen molar-refractivity contribution >= 4 is 12.1 Å². The minimum Gasteiger partial charge on any atom is -0.381 e. The first-order valence-corrected chi connectivity index (χ1v) is 4.68. The molecule has 0 heterocycles. The van der Waals surface area contributed by atoms with Gasteiger partial charge in [0.25, 0.3) is 0 Å². The minimum absolute atomic E-state index is 0.00856. The van der Waals surface area contributed by atoms with E-state index in [-0.39, 0.29) is 12.3 Å². The molecule has 0 aliphatic heterocycles. The number of aldehydes is 1. The van der Waals surface area contributed by atoms with Crippen molar-refractivity contribution in [1.29, 1.82) is 0 Å². The molecule has 0 saturated carbocycles. The highest BCUT2D eigenvalue weighted by atomic mass is 16.1. The van der Waals surface area contributed by atoms with Crippen LogP contribution in [0.2, 0.25) is 0 Å². The third-order valence-corrected chi connectivity index (χ3v) is 1.94. The Labute approximate surface area is 88.8 Å². The zero-order valence-corrected chi connectivity index (χ0v) is 8.57. The first-order valence-electron chi connectivity index (χ1n) is 4.68. The molecule has 0 fully saturated rings. The average Bonchev–Trinajstić information content (AvgIpc) is 2.27. The van der Waals surface area contributed by atoms with E-state index in [9.17, 15) is 9.59 Å². The van der Waals surface area contributed by atoms with Crippen LogP contribution in [0.3, 0.4) is 0 Å². The van der Waals surface area contributed by atoms with Crippen LogP contribution in [0.15, 0.2) is 42.1 Å². The van der Waals surface area contributed by atoms with Gasteiger partial charge in [0.1, 0.15) is 6.29 Å². The van der Waals surface area contributed by atoms with E-state index in [2.05, 4.69) is 5.32 Å². The molecular formula is C12H13NO2. The lowest BCUT2D eigenvalue weighted by Gasteiger charge is -2.04. The summed E-state index contributed by atoms with van der Waals surface area (Å²) in [6.07, 6.45) is 2.08. The monoisotopic (exact) mass is 203 g/mol. The van der Waals surface area contributed by atoms with Gasteiger partial charge in [0.15, 0.2) is 5.78 Å². The maximum absolute atomic E-state index is 11.6. The van der Waals surface area contributed by atoms with E-state index in [0.29, 0.717) is 17.5 Å². The number of carbonyl (C=O) groups is 2. The van der Waals surface area contributed by atoms with Crippen LogP contribution in [0.4, 0.5) is 0 Å². The Hall–Kier alpha value is -1.90. The van der Waals surface area contributed by atoms with Gasteiger partial charge in [0, 0.05) is 11.3 Å². The highest BCUT2D eigenvalue weighted by Crippen LogP contribution is 1.99. The Balaban J connectivity index is 2.51. The van der Waals surface area contributed by atoms with Crippen LogP contribution < -0.4 is 5.32 Å². The fourth-order valence-electron chi connectivity index (χ4n) is 1.11. The summed E-state index contributed by atoms with van der Waals surface area (Å²) < 4.78 is 0. The third kappa shape index (κ3) is 3.77. The number of Topliss-reactive ketones (excluding diaryl/α,β-unsaturated/α-hetero) is 1. The molecule has 1 aromatic carbocycles. The molecule has 0 aromatic heterocycles. The smallest absolute Gasteiger partial charge is 0.181 e. The summed E-state index contributed by atoms with van der Waals surface area (Å²) in [5.41, 5.74) is 1.36. The van der Waals surface area contributed by atoms with E-state index < -0.39 is 0 Å². The summed E-state index contributed by atoms with van der Waals surface area (Å²) in [7, 11) is 0. The van der Waals surface area contributed by atoms with E-state index >= 15 is 0 Å². The van der Waals surface area contributed by atoms with E-state index in [1.54, 1.807) is 19.1 Å². The van der Waals surface area contributed by atoms with Gasteiger partial charge in [-0.15, -0.1) is 0 Å². The number of hydrogen-bond acceptors (Lipinski definition) is 3. The van der Waals surface area contributed by atoms with Gasteiger partial charge in [-0.05, 0) is 13.0 Å². The summed E-state index contributed by atoms with van der Waals surface area (Å²) >= 11 is 0. The van der Waals surface area contributed by atoms with Crippen molar-refractivity contribution in [3.8, 4) is 0 Å². The third-order valence-electron chi connectivity index (χ3n) is 1.94. The van der Waals surface area contributed by atoms with Crippen LogP contribution in [0.1, 0.15) is 17.3 Å². The molecule has 0 unspecified atom stereocenters. The molecule has 1 N–H and O–H groups in total. The molecule has 1 rings (SSSR count). The normalized spacial score (nSPS) is 10.9. The van der Waals surface area contributed by atoms with Gasteiger partial charge in [-0.25, -0.2) is 0 Å². The molecule has 0 atom stereocenters. The SMILES string of the molecule is C/C(=C\C=O)NCC(=O)c1ccccc1. The van der Waals surface area contributed by atoms with Crippen molar-refractivity contribution < 1.29 is 9.59 Å². The van der Waals surface area contributed by atoms with E-state index in [1.165, 1.54) is 6.08 Å². The van der Waals surface area contributed by atoms with Gasteiger partial charge in [0.05, 0.1) is 6.54 Å². The molecule has 15 heavy (non-hydrogen) atoms. The number of ketones is 1. The molecule has 1 aromatic rings. The Morgan fingerprint density at radius 2 is 2.00 bits per heavy atom. The van der Waals surface area contributed by atoms with Crippen LogP contribution >= 0.6 is 0 Å². The van der Waals surface area contributed by atoms with Gasteiger partial charge in [0.2, 0.25) is 0 Å². The van der Waals surface area contributed by atoms with Crippen molar-refractivity contribution in [3.63, 3.8) is 0 Å². The molecule has 0 spiro atoms. The minimum atomic E-state index is 0.00856. The summed E-state index contributed by atoms with van der Waals surface area (Å²) in [6.45, 7) is 1.95. The number of rotatable bonds is 5. The van der Waals surface area contributed by atoms with E-state index in [4.69, 9.17) is 0 Å². The first kappa shape index (κ1) is 11.2. The van der Waals surface area contributed by atoms with Gasteiger partial charge >= 0.3 is 0 Å². The number of hydrogen-bond donors (Lipinski definition) is 1. The molecular weight excluding hydrogens is 190 g/mol. The topological polar surface area (TPSA) is 46.2 Å². The fourth-order valence-corrected chi connectivity index (χ4v) is 1.11. The molecule has 0 amide bonds.